The van der Waals surface area contributed by atoms with Crippen LogP contribution in [0.25, 0.3) is 0 Å². The molecule has 130 valence electrons. The van der Waals surface area contributed by atoms with Gasteiger partial charge >= 0.3 is 7.12 Å². The van der Waals surface area contributed by atoms with Crippen molar-refractivity contribution in [2.75, 3.05) is 20.1 Å². The van der Waals surface area contributed by atoms with Gasteiger partial charge in [-0.15, -0.1) is 0 Å². The third-order valence-electron chi connectivity index (χ3n) is 6.12. The van der Waals surface area contributed by atoms with Crippen LogP contribution in [-0.4, -0.2) is 48.9 Å². The largest absolute Gasteiger partial charge is 0.494 e. The Labute approximate surface area is 149 Å². The molecule has 0 aliphatic carbocycles. The summed E-state index contributed by atoms with van der Waals surface area (Å²) in [4.78, 5) is 1.57. The molecule has 3 aliphatic heterocycles. The summed E-state index contributed by atoms with van der Waals surface area (Å²) >= 11 is 0. The highest BCUT2D eigenvalue weighted by Gasteiger charge is 2.52. The molecule has 24 heavy (non-hydrogen) atoms. The number of likely N-dealkylation sites (tertiary alicyclic amines) is 1. The van der Waals surface area contributed by atoms with Crippen LogP contribution in [0.2, 0.25) is 0 Å². The molecule has 3 heterocycles. The molecule has 1 aromatic carbocycles. The Balaban J connectivity index is 1.49. The smallest absolute Gasteiger partial charge is 0.487 e. The summed E-state index contributed by atoms with van der Waals surface area (Å²) in [5.74, 6) is 0.901. The number of rotatable bonds is 1. The molecule has 2 fully saturated rings. The zero-order valence-corrected chi connectivity index (χ0v) is 15.0. The quantitative estimate of drug-likeness (QED) is 0.739. The molecule has 4 rings (SSSR count). The number of hydrogen-bond acceptors (Lipinski definition) is 4. The van der Waals surface area contributed by atoms with Gasteiger partial charge in [0.15, 0.2) is 0 Å². The average molecular weight is 332 g/mol. The van der Waals surface area contributed by atoms with Gasteiger partial charge in [-0.3, -0.25) is 0 Å². The maximum Gasteiger partial charge on any atom is 0.494 e. The molecular formula is C19H28BNO3. The lowest BCUT2D eigenvalue weighted by atomic mass is 9.77. The monoisotopic (exact) mass is 332 g/mol. The Bertz CT molecular complexity index is 726. The molecule has 0 saturated carbocycles. The molecule has 5 heteroatoms. The van der Waals surface area contributed by atoms with Crippen LogP contribution in [0.1, 0.15) is 50.2 Å². The summed E-state index contributed by atoms with van der Waals surface area (Å²) in [6.45, 7) is 7.27. The van der Waals surface area contributed by atoms with Crippen LogP contribution in [0.5, 0.6) is 5.75 Å². The fourth-order valence-corrected chi connectivity index (χ4v) is 3.77. The van der Waals surface area contributed by atoms with Crippen LogP contribution >= 0.6 is 0 Å². The van der Waals surface area contributed by atoms with Crippen molar-refractivity contribution in [1.29, 1.82) is 0 Å². The van der Waals surface area contributed by atoms with Crippen molar-refractivity contribution in [3.63, 3.8) is 0 Å². The Morgan fingerprint density at radius 3 is 2.38 bits per heavy atom. The molecule has 3 aliphatic rings. The first-order valence-electron chi connectivity index (χ1n) is 10.3. The first kappa shape index (κ1) is 13.2. The van der Waals surface area contributed by atoms with E-state index in [9.17, 15) is 0 Å². The number of ether oxygens (including phenoxy) is 1. The minimum atomic E-state index is -2.02. The van der Waals surface area contributed by atoms with Crippen molar-refractivity contribution >= 4 is 12.6 Å². The second-order valence-electron chi connectivity index (χ2n) is 8.40. The van der Waals surface area contributed by atoms with E-state index in [0.29, 0.717) is 13.1 Å². The molecule has 1 aromatic rings. The number of piperidine rings is 1. The normalized spacial score (nSPS) is 29.7. The summed E-state index contributed by atoms with van der Waals surface area (Å²) in [5.41, 5.74) is 1.16. The number of nitrogens with zero attached hydrogens (tertiary/aromatic N) is 1. The van der Waals surface area contributed by atoms with Gasteiger partial charge in [-0.2, -0.15) is 0 Å². The second-order valence-corrected chi connectivity index (χ2v) is 8.40. The third kappa shape index (κ3) is 2.58. The number of hydrogen-bond donors (Lipinski definition) is 0. The van der Waals surface area contributed by atoms with Gasteiger partial charge in [0.2, 0.25) is 0 Å². The number of benzene rings is 1. The van der Waals surface area contributed by atoms with Crippen LogP contribution in [0.3, 0.4) is 0 Å². The molecule has 0 atom stereocenters. The summed E-state index contributed by atoms with van der Waals surface area (Å²) in [6.07, 6.45) is 2.27. The topological polar surface area (TPSA) is 30.9 Å². The average Bonchev–Trinajstić information content (AvgIpc) is 2.99. The van der Waals surface area contributed by atoms with Crippen molar-refractivity contribution in [3.8, 4) is 5.75 Å². The molecule has 0 radical (unpaired) electrons. The van der Waals surface area contributed by atoms with E-state index in [1.165, 1.54) is 0 Å². The summed E-state index contributed by atoms with van der Waals surface area (Å²) in [5, 5.41) is 0. The highest BCUT2D eigenvalue weighted by molar-refractivity contribution is 6.62. The Hall–Kier alpha value is -1.04. The fourth-order valence-electron chi connectivity index (χ4n) is 3.77. The van der Waals surface area contributed by atoms with Crippen molar-refractivity contribution in [3.05, 3.63) is 23.8 Å². The van der Waals surface area contributed by atoms with Gasteiger partial charge < -0.3 is 18.9 Å². The second kappa shape index (κ2) is 5.23. The standard InChI is InChI=1S/C19H28BNO3/c1-17(2)18(3,4)24-20(23-17)15-6-7-16-14(12-15)13-19(22-16)8-10-21(5)11-9-19/h6-7,12H,8-11,13H2,1-5H3/i5D3. The third-order valence-corrected chi connectivity index (χ3v) is 6.12. The minimum absolute atomic E-state index is 0.279. The van der Waals surface area contributed by atoms with Crippen LogP contribution in [0, 0.1) is 0 Å². The van der Waals surface area contributed by atoms with Gasteiger partial charge in [0, 0.05) is 36.5 Å². The Morgan fingerprint density at radius 2 is 1.75 bits per heavy atom. The Morgan fingerprint density at radius 1 is 1.08 bits per heavy atom. The van der Waals surface area contributed by atoms with Crippen molar-refractivity contribution in [2.45, 2.75) is 63.8 Å². The molecule has 0 amide bonds. The van der Waals surface area contributed by atoms with E-state index in [1.807, 2.05) is 12.1 Å². The highest BCUT2D eigenvalue weighted by atomic mass is 16.7. The summed E-state index contributed by atoms with van der Waals surface area (Å²) < 4.78 is 41.4. The Kier molecular flexibility index (Phi) is 2.88. The maximum atomic E-state index is 7.59. The SMILES string of the molecule is [2H]C([2H])([2H])N1CCC2(CC1)Cc1cc(B3OC(C)(C)C(C)(C)O3)ccc1O2. The highest BCUT2D eigenvalue weighted by Crippen LogP contribution is 2.41. The van der Waals surface area contributed by atoms with E-state index in [4.69, 9.17) is 18.2 Å². The molecule has 0 bridgehead atoms. The van der Waals surface area contributed by atoms with Gasteiger partial charge in [-0.25, -0.2) is 0 Å². The van der Waals surface area contributed by atoms with Crippen LogP contribution in [-0.2, 0) is 15.7 Å². The van der Waals surface area contributed by atoms with Gasteiger partial charge in [0.1, 0.15) is 11.4 Å². The molecule has 1 spiro atoms. The number of fused-ring (bicyclic) bond motifs is 1. The van der Waals surface area contributed by atoms with E-state index in [2.05, 4.69) is 33.8 Å². The van der Waals surface area contributed by atoms with Crippen LogP contribution < -0.4 is 10.2 Å². The van der Waals surface area contributed by atoms with Gasteiger partial charge in [0.05, 0.1) is 11.2 Å². The molecule has 4 nitrogen and oxygen atoms in total. The van der Waals surface area contributed by atoms with E-state index in [-0.39, 0.29) is 23.9 Å². The molecule has 2 saturated heterocycles. The van der Waals surface area contributed by atoms with Crippen molar-refractivity contribution < 1.29 is 18.2 Å². The lowest BCUT2D eigenvalue weighted by Gasteiger charge is -2.37. The summed E-state index contributed by atoms with van der Waals surface area (Å²) in [6, 6.07) is 6.14. The van der Waals surface area contributed by atoms with Gasteiger partial charge in [-0.05, 0) is 51.8 Å². The van der Waals surface area contributed by atoms with Gasteiger partial charge in [-0.1, -0.05) is 12.1 Å². The molecule has 0 aromatic heterocycles. The van der Waals surface area contributed by atoms with Gasteiger partial charge in [0.25, 0.3) is 0 Å². The first-order chi connectivity index (χ1) is 12.4. The predicted octanol–water partition coefficient (Wildman–Crippen LogP) is 2.39. The zero-order chi connectivity index (χ0) is 19.7. The van der Waals surface area contributed by atoms with E-state index in [0.717, 1.165) is 36.0 Å². The lowest BCUT2D eigenvalue weighted by Crippen LogP contribution is -2.45. The molecule has 0 N–H and O–H groups in total. The summed E-state index contributed by atoms with van der Waals surface area (Å²) in [7, 11) is -0.380. The fraction of sp³-hybridized carbons (Fsp3) is 0.684. The first-order valence-corrected chi connectivity index (χ1v) is 8.83. The van der Waals surface area contributed by atoms with E-state index in [1.54, 1.807) is 4.90 Å². The zero-order valence-electron chi connectivity index (χ0n) is 18.0. The maximum absolute atomic E-state index is 7.59. The van der Waals surface area contributed by atoms with Crippen LogP contribution in [0.15, 0.2) is 18.2 Å². The van der Waals surface area contributed by atoms with Crippen molar-refractivity contribution in [2.24, 2.45) is 0 Å². The lowest BCUT2D eigenvalue weighted by molar-refractivity contribution is 0.00578. The minimum Gasteiger partial charge on any atom is -0.487 e. The van der Waals surface area contributed by atoms with Crippen LogP contribution in [0.4, 0.5) is 0 Å². The predicted molar refractivity (Wildman–Crippen MR) is 96.0 cm³/mol. The van der Waals surface area contributed by atoms with E-state index < -0.39 is 6.98 Å². The van der Waals surface area contributed by atoms with Crippen molar-refractivity contribution in [1.82, 2.24) is 4.90 Å². The molecule has 0 unspecified atom stereocenters. The van der Waals surface area contributed by atoms with E-state index >= 15 is 0 Å². The molecular weight excluding hydrogens is 301 g/mol.